The minimum Gasteiger partial charge on any atom is -0.367 e. The van der Waals surface area contributed by atoms with Crippen molar-refractivity contribution in [2.24, 2.45) is 0 Å². The Morgan fingerprint density at radius 3 is 3.09 bits per heavy atom. The highest BCUT2D eigenvalue weighted by Crippen LogP contribution is 2.28. The van der Waals surface area contributed by atoms with Crippen LogP contribution in [0, 0.1) is 0 Å². The van der Waals surface area contributed by atoms with Crippen molar-refractivity contribution in [3.05, 3.63) is 11.7 Å². The van der Waals surface area contributed by atoms with Crippen molar-refractivity contribution < 1.29 is 17.7 Å². The largest absolute Gasteiger partial charge is 0.367 e. The number of aromatic nitrogens is 2. The zero-order valence-corrected chi connectivity index (χ0v) is 13.7. The fourth-order valence-electron chi connectivity index (χ4n) is 3.06. The number of nitrogens with zero attached hydrogens (tertiary/aromatic N) is 3. The molecule has 7 nitrogen and oxygen atoms in total. The molecule has 22 heavy (non-hydrogen) atoms. The summed E-state index contributed by atoms with van der Waals surface area (Å²) in [5, 5.41) is 3.92. The lowest BCUT2D eigenvalue weighted by Crippen LogP contribution is -2.42. The van der Waals surface area contributed by atoms with Gasteiger partial charge in [0.05, 0.1) is 12.4 Å². The van der Waals surface area contributed by atoms with E-state index >= 15 is 0 Å². The molecule has 3 rings (SSSR count). The smallest absolute Gasteiger partial charge is 0.241 e. The van der Waals surface area contributed by atoms with Gasteiger partial charge >= 0.3 is 0 Å². The van der Waals surface area contributed by atoms with E-state index in [4.69, 9.17) is 9.26 Å². The molecule has 0 aliphatic carbocycles. The predicted octanol–water partition coefficient (Wildman–Crippen LogP) is 1.32. The van der Waals surface area contributed by atoms with Crippen molar-refractivity contribution in [3.63, 3.8) is 0 Å². The van der Waals surface area contributed by atoms with Gasteiger partial charge in [0.2, 0.25) is 11.7 Å². The summed E-state index contributed by atoms with van der Waals surface area (Å²) >= 11 is 0. The second-order valence-electron chi connectivity index (χ2n) is 6.10. The van der Waals surface area contributed by atoms with E-state index < -0.39 is 9.84 Å². The Hall–Kier alpha value is -0.990. The van der Waals surface area contributed by atoms with Crippen LogP contribution < -0.4 is 0 Å². The maximum atomic E-state index is 11.9. The van der Waals surface area contributed by atoms with Crippen molar-refractivity contribution in [3.8, 4) is 0 Å². The normalized spacial score (nSPS) is 26.2. The Morgan fingerprint density at radius 2 is 2.27 bits per heavy atom. The van der Waals surface area contributed by atoms with Gasteiger partial charge < -0.3 is 9.26 Å². The van der Waals surface area contributed by atoms with Gasteiger partial charge in [0.15, 0.2) is 9.84 Å². The third kappa shape index (κ3) is 3.67. The van der Waals surface area contributed by atoms with Crippen LogP contribution in [0.4, 0.5) is 0 Å². The minimum absolute atomic E-state index is 0.163. The van der Waals surface area contributed by atoms with Gasteiger partial charge in [-0.05, 0) is 25.8 Å². The van der Waals surface area contributed by atoms with Gasteiger partial charge in [0, 0.05) is 12.6 Å². The second kappa shape index (κ2) is 6.64. The third-order valence-electron chi connectivity index (χ3n) is 4.31. The number of hydrogen-bond donors (Lipinski definition) is 0. The van der Waals surface area contributed by atoms with E-state index in [-0.39, 0.29) is 23.5 Å². The Labute approximate surface area is 130 Å². The molecule has 0 radical (unpaired) electrons. The molecule has 2 aliphatic heterocycles. The average Bonchev–Trinajstić information content (AvgIpc) is 3.12. The van der Waals surface area contributed by atoms with Crippen LogP contribution in [0.2, 0.25) is 0 Å². The van der Waals surface area contributed by atoms with Gasteiger partial charge in [-0.1, -0.05) is 18.5 Å². The van der Waals surface area contributed by atoms with Crippen LogP contribution in [-0.4, -0.2) is 54.9 Å². The van der Waals surface area contributed by atoms with E-state index in [9.17, 15) is 8.42 Å². The summed E-state index contributed by atoms with van der Waals surface area (Å²) in [4.78, 5) is 6.62. The molecule has 3 heterocycles. The molecule has 0 aromatic carbocycles. The minimum atomic E-state index is -3.18. The molecule has 0 N–H and O–H groups in total. The number of fused-ring (bicyclic) bond motifs is 1. The number of hydrogen-bond acceptors (Lipinski definition) is 7. The van der Waals surface area contributed by atoms with Gasteiger partial charge in [0.1, 0.15) is 11.9 Å². The van der Waals surface area contributed by atoms with E-state index in [1.165, 1.54) is 12.8 Å². The number of sulfone groups is 1. The Kier molecular flexibility index (Phi) is 4.79. The molecule has 0 amide bonds. The maximum Gasteiger partial charge on any atom is 0.241 e. The van der Waals surface area contributed by atoms with Crippen molar-refractivity contribution in [1.82, 2.24) is 15.0 Å². The molecular formula is C14H23N3O4S. The van der Waals surface area contributed by atoms with Crippen molar-refractivity contribution in [1.29, 1.82) is 0 Å². The lowest BCUT2D eigenvalue weighted by atomic mass is 10.2. The summed E-state index contributed by atoms with van der Waals surface area (Å²) in [7, 11) is -3.18. The number of rotatable bonds is 6. The molecule has 124 valence electrons. The number of ether oxygens (including phenoxy) is 1. The van der Waals surface area contributed by atoms with Crippen LogP contribution in [-0.2, 0) is 20.3 Å². The van der Waals surface area contributed by atoms with Crippen LogP contribution >= 0.6 is 0 Å². The molecule has 2 saturated heterocycles. The van der Waals surface area contributed by atoms with Crippen LogP contribution in [0.5, 0.6) is 0 Å². The first-order valence-electron chi connectivity index (χ1n) is 7.96. The van der Waals surface area contributed by atoms with Crippen LogP contribution in [0.3, 0.4) is 0 Å². The van der Waals surface area contributed by atoms with Crippen molar-refractivity contribution >= 4 is 9.84 Å². The lowest BCUT2D eigenvalue weighted by Gasteiger charge is -2.33. The van der Waals surface area contributed by atoms with Gasteiger partial charge in [-0.3, -0.25) is 4.90 Å². The summed E-state index contributed by atoms with van der Waals surface area (Å²) in [6, 6.07) is 0.511. The molecule has 2 atom stereocenters. The highest BCUT2D eigenvalue weighted by atomic mass is 32.2. The molecule has 0 unspecified atom stereocenters. The van der Waals surface area contributed by atoms with E-state index in [2.05, 4.69) is 15.0 Å². The van der Waals surface area contributed by atoms with Gasteiger partial charge in [-0.25, -0.2) is 8.42 Å². The highest BCUT2D eigenvalue weighted by molar-refractivity contribution is 7.90. The zero-order valence-electron chi connectivity index (χ0n) is 12.9. The molecule has 0 saturated carbocycles. The second-order valence-corrected chi connectivity index (χ2v) is 8.29. The summed E-state index contributed by atoms with van der Waals surface area (Å²) < 4.78 is 34.8. The first-order valence-corrected chi connectivity index (χ1v) is 9.78. The first-order chi connectivity index (χ1) is 10.6. The summed E-state index contributed by atoms with van der Waals surface area (Å²) in [6.45, 7) is 4.49. The summed E-state index contributed by atoms with van der Waals surface area (Å²) in [5.74, 6) is 0.611. The SMILES string of the molecule is CCCCS(=O)(=O)Cc1nc([C@H]2CN3CCC[C@H]3CO2)no1. The highest BCUT2D eigenvalue weighted by Gasteiger charge is 2.35. The lowest BCUT2D eigenvalue weighted by molar-refractivity contribution is -0.0548. The molecule has 1 aromatic heterocycles. The average molecular weight is 329 g/mol. The topological polar surface area (TPSA) is 85.5 Å². The number of unbranched alkanes of at least 4 members (excludes halogenated alkanes) is 1. The van der Waals surface area contributed by atoms with E-state index in [1.807, 2.05) is 6.92 Å². The summed E-state index contributed by atoms with van der Waals surface area (Å²) in [6.07, 6.45) is 3.67. The molecule has 8 heteroatoms. The standard InChI is InChI=1S/C14H23N3O4S/c1-2-3-7-22(18,19)10-13-15-14(16-21-13)12-8-17-6-4-5-11(17)9-20-12/h11-12H,2-10H2,1H3/t11-,12+/m0/s1. The first kappa shape index (κ1) is 15.9. The molecule has 2 aliphatic rings. The van der Waals surface area contributed by atoms with Gasteiger partial charge in [-0.2, -0.15) is 4.98 Å². The molecule has 0 spiro atoms. The van der Waals surface area contributed by atoms with Crippen LogP contribution in [0.15, 0.2) is 4.52 Å². The van der Waals surface area contributed by atoms with Gasteiger partial charge in [0.25, 0.3) is 0 Å². The third-order valence-corrected chi connectivity index (χ3v) is 5.91. The van der Waals surface area contributed by atoms with Crippen LogP contribution in [0.25, 0.3) is 0 Å². The van der Waals surface area contributed by atoms with E-state index in [0.29, 0.717) is 24.9 Å². The fourth-order valence-corrected chi connectivity index (χ4v) is 4.42. The van der Waals surface area contributed by atoms with Crippen molar-refractivity contribution in [2.75, 3.05) is 25.4 Å². The monoisotopic (exact) mass is 329 g/mol. The summed E-state index contributed by atoms with van der Waals surface area (Å²) in [5.41, 5.74) is 0. The fraction of sp³-hybridized carbons (Fsp3) is 0.857. The van der Waals surface area contributed by atoms with Crippen molar-refractivity contribution in [2.45, 2.75) is 50.5 Å². The Balaban J connectivity index is 1.61. The molecule has 0 bridgehead atoms. The molecule has 2 fully saturated rings. The van der Waals surface area contributed by atoms with Gasteiger partial charge in [-0.15, -0.1) is 0 Å². The number of morpholine rings is 1. The Morgan fingerprint density at radius 1 is 1.41 bits per heavy atom. The maximum absolute atomic E-state index is 11.9. The van der Waals surface area contributed by atoms with E-state index in [1.54, 1.807) is 0 Å². The molecular weight excluding hydrogens is 306 g/mol. The Bertz CT molecular complexity index is 601. The van der Waals surface area contributed by atoms with Crippen LogP contribution in [0.1, 0.15) is 50.4 Å². The molecule has 1 aromatic rings. The predicted molar refractivity (Wildman–Crippen MR) is 80.0 cm³/mol. The van der Waals surface area contributed by atoms with E-state index in [0.717, 1.165) is 19.5 Å². The quantitative estimate of drug-likeness (QED) is 0.778. The zero-order chi connectivity index (χ0) is 15.6.